The Kier molecular flexibility index (Phi) is 4.75. The number of aromatic nitrogens is 2. The molecule has 0 aliphatic rings. The van der Waals surface area contributed by atoms with E-state index in [1.54, 1.807) is 42.9 Å². The van der Waals surface area contributed by atoms with Gasteiger partial charge < -0.3 is 10.1 Å². The molecule has 1 amide bonds. The van der Waals surface area contributed by atoms with Crippen LogP contribution < -0.4 is 10.1 Å². The Bertz CT molecular complexity index is 641. The molecule has 0 radical (unpaired) electrons. The van der Waals surface area contributed by atoms with Gasteiger partial charge in [0, 0.05) is 12.7 Å². The predicted octanol–water partition coefficient (Wildman–Crippen LogP) is 2.06. The molecular weight excluding hydrogens is 292 g/mol. The molecule has 5 nitrogen and oxygen atoms in total. The van der Waals surface area contributed by atoms with Crippen LogP contribution in [-0.4, -0.2) is 28.3 Å². The maximum absolute atomic E-state index is 13.6. The van der Waals surface area contributed by atoms with E-state index in [0.717, 1.165) is 5.69 Å². The highest BCUT2D eigenvalue weighted by Crippen LogP contribution is 2.20. The third-order valence-corrected chi connectivity index (χ3v) is 2.94. The number of halogens is 2. The molecule has 118 valence electrons. The van der Waals surface area contributed by atoms with Crippen molar-refractivity contribution in [2.75, 3.05) is 6.54 Å². The number of rotatable bonds is 6. The largest absolute Gasteiger partial charge is 0.431 e. The van der Waals surface area contributed by atoms with Gasteiger partial charge in [-0.05, 0) is 25.1 Å². The van der Waals surface area contributed by atoms with Crippen molar-refractivity contribution < 1.29 is 18.3 Å². The second-order valence-corrected chi connectivity index (χ2v) is 4.91. The lowest BCUT2D eigenvalue weighted by Crippen LogP contribution is -2.41. The number of nitrogens with one attached hydrogen (secondary N) is 1. The van der Waals surface area contributed by atoms with Crippen LogP contribution in [0.1, 0.15) is 11.4 Å². The van der Waals surface area contributed by atoms with E-state index >= 15 is 0 Å². The molecule has 1 aromatic heterocycles. The van der Waals surface area contributed by atoms with Crippen LogP contribution in [0.15, 0.2) is 36.4 Å². The molecule has 0 bridgehead atoms. The van der Waals surface area contributed by atoms with Gasteiger partial charge >= 0.3 is 6.11 Å². The average Bonchev–Trinajstić information content (AvgIpc) is 2.75. The summed E-state index contributed by atoms with van der Waals surface area (Å²) in [6.45, 7) is 0.904. The highest BCUT2D eigenvalue weighted by atomic mass is 19.3. The molecule has 7 heteroatoms. The molecule has 1 heterocycles. The van der Waals surface area contributed by atoms with E-state index in [1.807, 2.05) is 0 Å². The molecule has 1 N–H and O–H groups in total. The monoisotopic (exact) mass is 309 g/mol. The summed E-state index contributed by atoms with van der Waals surface area (Å²) >= 11 is 0. The summed E-state index contributed by atoms with van der Waals surface area (Å²) in [6.07, 6.45) is -3.49. The van der Waals surface area contributed by atoms with E-state index in [9.17, 15) is 13.6 Å². The van der Waals surface area contributed by atoms with E-state index < -0.39 is 18.6 Å². The SMILES string of the molecule is Cc1cc(CC(=O)NCC(F)(F)Oc2ccccc2)n(C)n1. The summed E-state index contributed by atoms with van der Waals surface area (Å²) in [5.41, 5.74) is 1.42. The molecule has 0 atom stereocenters. The van der Waals surface area contributed by atoms with Gasteiger partial charge in [0.15, 0.2) is 0 Å². The quantitative estimate of drug-likeness (QED) is 0.888. The molecule has 0 aliphatic carbocycles. The molecule has 2 rings (SSSR count). The Morgan fingerprint density at radius 1 is 1.36 bits per heavy atom. The summed E-state index contributed by atoms with van der Waals surface area (Å²) in [4.78, 5) is 11.7. The maximum Gasteiger partial charge on any atom is 0.415 e. The van der Waals surface area contributed by atoms with Crippen LogP contribution in [-0.2, 0) is 18.3 Å². The standard InChI is InChI=1S/C15H17F2N3O2/c1-11-8-12(20(2)19-11)9-14(21)18-10-15(16,17)22-13-6-4-3-5-7-13/h3-8H,9-10H2,1-2H3,(H,18,21). The number of carbonyl (C=O) groups excluding carboxylic acids is 1. The van der Waals surface area contributed by atoms with Crippen molar-refractivity contribution in [3.8, 4) is 5.75 Å². The number of ether oxygens (including phenoxy) is 1. The summed E-state index contributed by atoms with van der Waals surface area (Å²) in [7, 11) is 1.70. The van der Waals surface area contributed by atoms with Crippen molar-refractivity contribution in [2.45, 2.75) is 19.5 Å². The van der Waals surface area contributed by atoms with E-state index in [2.05, 4.69) is 15.2 Å². The Morgan fingerprint density at radius 3 is 2.64 bits per heavy atom. The summed E-state index contributed by atoms with van der Waals surface area (Å²) < 4.78 is 33.4. The zero-order chi connectivity index (χ0) is 16.2. The van der Waals surface area contributed by atoms with Gasteiger partial charge in [0.05, 0.1) is 12.1 Å². The minimum atomic E-state index is -3.47. The van der Waals surface area contributed by atoms with Gasteiger partial charge in [-0.3, -0.25) is 9.48 Å². The molecular formula is C15H17F2N3O2. The van der Waals surface area contributed by atoms with Gasteiger partial charge in [-0.1, -0.05) is 18.2 Å². The van der Waals surface area contributed by atoms with Gasteiger partial charge in [-0.25, -0.2) is 0 Å². The van der Waals surface area contributed by atoms with Crippen LogP contribution in [0.4, 0.5) is 8.78 Å². The normalized spacial score (nSPS) is 11.3. The van der Waals surface area contributed by atoms with Crippen LogP contribution in [0.5, 0.6) is 5.75 Å². The van der Waals surface area contributed by atoms with Crippen LogP contribution in [0.3, 0.4) is 0 Å². The topological polar surface area (TPSA) is 56.1 Å². The molecule has 22 heavy (non-hydrogen) atoms. The summed E-state index contributed by atoms with van der Waals surface area (Å²) in [5, 5.41) is 6.27. The number of aryl methyl sites for hydroxylation is 2. The lowest BCUT2D eigenvalue weighted by Gasteiger charge is -2.18. The molecule has 0 saturated carbocycles. The van der Waals surface area contributed by atoms with E-state index in [4.69, 9.17) is 0 Å². The van der Waals surface area contributed by atoms with Gasteiger partial charge in [-0.2, -0.15) is 13.9 Å². The highest BCUT2D eigenvalue weighted by molar-refractivity contribution is 5.78. The fourth-order valence-electron chi connectivity index (χ4n) is 1.96. The summed E-state index contributed by atoms with van der Waals surface area (Å²) in [5.74, 6) is -0.469. The molecule has 2 aromatic rings. The number of hydrogen-bond donors (Lipinski definition) is 1. The number of benzene rings is 1. The molecule has 0 spiro atoms. The number of carbonyl (C=O) groups is 1. The zero-order valence-corrected chi connectivity index (χ0v) is 12.3. The first kappa shape index (κ1) is 15.9. The van der Waals surface area contributed by atoms with E-state index in [1.165, 1.54) is 12.1 Å². The van der Waals surface area contributed by atoms with Crippen molar-refractivity contribution in [3.05, 3.63) is 47.8 Å². The first-order valence-corrected chi connectivity index (χ1v) is 6.74. The minimum Gasteiger partial charge on any atom is -0.431 e. The number of hydrogen-bond acceptors (Lipinski definition) is 3. The third-order valence-electron chi connectivity index (χ3n) is 2.94. The van der Waals surface area contributed by atoms with E-state index in [-0.39, 0.29) is 12.2 Å². The predicted molar refractivity (Wildman–Crippen MR) is 76.7 cm³/mol. The zero-order valence-electron chi connectivity index (χ0n) is 12.3. The lowest BCUT2D eigenvalue weighted by atomic mass is 10.2. The van der Waals surface area contributed by atoms with Gasteiger partial charge in [-0.15, -0.1) is 0 Å². The Hall–Kier alpha value is -2.44. The highest BCUT2D eigenvalue weighted by Gasteiger charge is 2.32. The Morgan fingerprint density at radius 2 is 2.05 bits per heavy atom. The molecule has 1 aromatic carbocycles. The fourth-order valence-corrected chi connectivity index (χ4v) is 1.96. The van der Waals surface area contributed by atoms with Gasteiger partial charge in [0.2, 0.25) is 5.91 Å². The average molecular weight is 309 g/mol. The number of nitrogens with zero attached hydrogens (tertiary/aromatic N) is 2. The lowest BCUT2D eigenvalue weighted by molar-refractivity contribution is -0.173. The minimum absolute atomic E-state index is 0.0151. The summed E-state index contributed by atoms with van der Waals surface area (Å²) in [6, 6.07) is 9.46. The second kappa shape index (κ2) is 6.55. The number of amides is 1. The van der Waals surface area contributed by atoms with Crippen molar-refractivity contribution in [1.82, 2.24) is 15.1 Å². The maximum atomic E-state index is 13.6. The molecule has 0 fully saturated rings. The third kappa shape index (κ3) is 4.54. The van der Waals surface area contributed by atoms with Crippen LogP contribution >= 0.6 is 0 Å². The first-order valence-electron chi connectivity index (χ1n) is 6.74. The fraction of sp³-hybridized carbons (Fsp3) is 0.333. The van der Waals surface area contributed by atoms with Crippen LogP contribution in [0.25, 0.3) is 0 Å². The van der Waals surface area contributed by atoms with Crippen molar-refractivity contribution >= 4 is 5.91 Å². The van der Waals surface area contributed by atoms with Gasteiger partial charge in [0.25, 0.3) is 0 Å². The Balaban J connectivity index is 1.86. The van der Waals surface area contributed by atoms with Gasteiger partial charge in [0.1, 0.15) is 12.3 Å². The van der Waals surface area contributed by atoms with Crippen molar-refractivity contribution in [3.63, 3.8) is 0 Å². The number of alkyl halides is 2. The molecule has 0 saturated heterocycles. The van der Waals surface area contributed by atoms with Crippen LogP contribution in [0, 0.1) is 6.92 Å². The van der Waals surface area contributed by atoms with Crippen molar-refractivity contribution in [2.24, 2.45) is 7.05 Å². The first-order chi connectivity index (χ1) is 10.4. The number of para-hydroxylation sites is 1. The van der Waals surface area contributed by atoms with Crippen molar-refractivity contribution in [1.29, 1.82) is 0 Å². The smallest absolute Gasteiger partial charge is 0.415 e. The molecule has 0 unspecified atom stereocenters. The molecule has 0 aliphatic heterocycles. The second-order valence-electron chi connectivity index (χ2n) is 4.91. The van der Waals surface area contributed by atoms with Crippen LogP contribution in [0.2, 0.25) is 0 Å². The Labute approximate surface area is 126 Å². The van der Waals surface area contributed by atoms with E-state index in [0.29, 0.717) is 5.69 Å².